The molecule has 8 N–H and O–H groups in total. The lowest BCUT2D eigenvalue weighted by atomic mass is 10.0. The third kappa shape index (κ3) is 7.58. The second kappa shape index (κ2) is 12.6. The highest BCUT2D eigenvalue weighted by Crippen LogP contribution is 2.35. The van der Waals surface area contributed by atoms with Gasteiger partial charge in [-0.1, -0.05) is 0 Å². The summed E-state index contributed by atoms with van der Waals surface area (Å²) in [5.41, 5.74) is 11.8. The van der Waals surface area contributed by atoms with E-state index in [2.05, 4.69) is 10.7 Å². The number of carbonyl (C=O) groups excluding carboxylic acids is 1. The number of nitrogens with one attached hydrogen (secondary N) is 3. The number of phenols is 1. The predicted octanol–water partition coefficient (Wildman–Crippen LogP) is 2.95. The zero-order valence-corrected chi connectivity index (χ0v) is 21.0. The number of halogens is 1. The molecule has 0 bridgehead atoms. The minimum Gasteiger partial charge on any atom is -0.508 e. The Morgan fingerprint density at radius 2 is 1.78 bits per heavy atom. The molecule has 0 aliphatic heterocycles. The van der Waals surface area contributed by atoms with Crippen LogP contribution in [0.1, 0.15) is 43.5 Å². The number of phenolic OH excluding ortho intramolecular Hbond substituents is 1. The van der Waals surface area contributed by atoms with E-state index in [1.807, 2.05) is 13.8 Å². The second-order valence-electron chi connectivity index (χ2n) is 8.57. The lowest BCUT2D eigenvalue weighted by Gasteiger charge is -2.22. The highest BCUT2D eigenvalue weighted by molar-refractivity contribution is 5.95. The van der Waals surface area contributed by atoms with Crippen LogP contribution in [-0.2, 0) is 11.3 Å². The number of hydrogen-bond donors (Lipinski definition) is 6. The largest absolute Gasteiger partial charge is 0.508 e. The molecular weight excluding hydrogens is 477 g/mol. The molecule has 1 atom stereocenters. The summed E-state index contributed by atoms with van der Waals surface area (Å²) in [5, 5.41) is 20.1. The molecule has 0 saturated heterocycles. The van der Waals surface area contributed by atoms with Gasteiger partial charge in [-0.05, 0) is 75.4 Å². The van der Waals surface area contributed by atoms with Crippen LogP contribution in [0.5, 0.6) is 17.2 Å². The molecule has 0 heterocycles. The Morgan fingerprint density at radius 3 is 2.38 bits per heavy atom. The highest BCUT2D eigenvalue weighted by Gasteiger charge is 2.27. The fourth-order valence-electron chi connectivity index (χ4n) is 3.57. The summed E-state index contributed by atoms with van der Waals surface area (Å²) in [6, 6.07) is 14.8. The van der Waals surface area contributed by atoms with Crippen LogP contribution in [-0.4, -0.2) is 29.6 Å². The molecule has 9 nitrogen and oxygen atoms in total. The Balaban J connectivity index is 1.90. The van der Waals surface area contributed by atoms with E-state index in [0.717, 1.165) is 5.56 Å². The summed E-state index contributed by atoms with van der Waals surface area (Å²) in [6.45, 7) is 6.19. The number of carbonyl (C=O) groups is 1. The van der Waals surface area contributed by atoms with Crippen LogP contribution >= 0.6 is 0 Å². The Labute approximate surface area is 215 Å². The normalized spacial score (nSPS) is 11.6. The van der Waals surface area contributed by atoms with Gasteiger partial charge in [0.1, 0.15) is 30.0 Å². The summed E-state index contributed by atoms with van der Waals surface area (Å²) in [4.78, 5) is 13.3. The summed E-state index contributed by atoms with van der Waals surface area (Å²) >= 11 is 0. The van der Waals surface area contributed by atoms with Gasteiger partial charge in [-0.25, -0.2) is 15.2 Å². The molecule has 196 valence electrons. The summed E-state index contributed by atoms with van der Waals surface area (Å²) < 4.78 is 26.8. The maximum Gasteiger partial charge on any atom is 0.292 e. The van der Waals surface area contributed by atoms with Crippen LogP contribution in [0, 0.1) is 11.2 Å². The molecule has 10 heteroatoms. The number of nitrogen functional groups attached to an aromatic ring is 1. The zero-order chi connectivity index (χ0) is 26.9. The first kappa shape index (κ1) is 27.3. The first-order valence-electron chi connectivity index (χ1n) is 11.9. The molecule has 3 aromatic rings. The highest BCUT2D eigenvalue weighted by atomic mass is 19.1. The molecule has 0 aromatic heterocycles. The van der Waals surface area contributed by atoms with Crippen LogP contribution in [0.4, 0.5) is 10.1 Å². The van der Waals surface area contributed by atoms with Gasteiger partial charge < -0.3 is 25.6 Å². The van der Waals surface area contributed by atoms with Gasteiger partial charge in [0.05, 0.1) is 12.7 Å². The van der Waals surface area contributed by atoms with E-state index in [9.17, 15) is 9.90 Å². The third-order valence-corrected chi connectivity index (χ3v) is 5.32. The molecule has 0 saturated carbocycles. The zero-order valence-electron chi connectivity index (χ0n) is 21.0. The van der Waals surface area contributed by atoms with Gasteiger partial charge in [0.2, 0.25) is 0 Å². The van der Waals surface area contributed by atoms with E-state index >= 15 is 4.39 Å². The maximum atomic E-state index is 15.4. The molecule has 0 aliphatic rings. The number of ether oxygens (including phenoxy) is 2. The van der Waals surface area contributed by atoms with E-state index in [1.54, 1.807) is 60.9 Å². The van der Waals surface area contributed by atoms with Crippen molar-refractivity contribution in [2.75, 3.05) is 11.9 Å². The number of aromatic hydroxyl groups is 1. The molecule has 1 unspecified atom stereocenters. The van der Waals surface area contributed by atoms with Crippen LogP contribution in [0.3, 0.4) is 0 Å². The number of amidine groups is 1. The van der Waals surface area contributed by atoms with Gasteiger partial charge in [0.25, 0.3) is 5.91 Å². The van der Waals surface area contributed by atoms with Crippen molar-refractivity contribution >= 4 is 17.4 Å². The number of amides is 1. The van der Waals surface area contributed by atoms with Gasteiger partial charge in [0, 0.05) is 28.4 Å². The number of rotatable bonds is 12. The number of anilines is 1. The Bertz CT molecular complexity index is 1220. The van der Waals surface area contributed by atoms with E-state index < -0.39 is 17.8 Å². The monoisotopic (exact) mass is 510 g/mol. The van der Waals surface area contributed by atoms with Gasteiger partial charge >= 0.3 is 0 Å². The lowest BCUT2D eigenvalue weighted by molar-refractivity contribution is -0.714. The molecule has 3 aromatic carbocycles. The average molecular weight is 511 g/mol. The third-order valence-electron chi connectivity index (χ3n) is 5.32. The SMILES string of the molecule is CCOc1cc(C(Nc2ccc(C(=N)N)cc2)C(=O)N[NH2+]Cc2ccc(O)cc2)c(F)cc1OC(C)C. The fourth-order valence-corrected chi connectivity index (χ4v) is 3.57. The molecular formula is C27H33FN5O4+. The fraction of sp³-hybridized carbons (Fsp3) is 0.259. The minimum absolute atomic E-state index is 0.0748. The summed E-state index contributed by atoms with van der Waals surface area (Å²) in [5.74, 6) is -0.482. The van der Waals surface area contributed by atoms with Crippen molar-refractivity contribution in [2.45, 2.75) is 39.5 Å². The minimum atomic E-state index is -1.12. The summed E-state index contributed by atoms with van der Waals surface area (Å²) in [7, 11) is 0. The van der Waals surface area contributed by atoms with Crippen molar-refractivity contribution in [2.24, 2.45) is 5.73 Å². The number of quaternary nitrogens is 1. The van der Waals surface area contributed by atoms with Crippen LogP contribution < -0.4 is 31.4 Å². The number of nitrogens with two attached hydrogens (primary N) is 2. The smallest absolute Gasteiger partial charge is 0.292 e. The summed E-state index contributed by atoms with van der Waals surface area (Å²) in [6.07, 6.45) is -0.198. The quantitative estimate of drug-likeness (QED) is 0.0726. The van der Waals surface area contributed by atoms with Crippen LogP contribution in [0.25, 0.3) is 0 Å². The van der Waals surface area contributed by atoms with Crippen LogP contribution in [0.15, 0.2) is 60.7 Å². The van der Waals surface area contributed by atoms with E-state index in [1.165, 1.54) is 12.1 Å². The standard InChI is InChI=1S/C27H32FN5O4/c1-4-36-23-13-21(22(28)14-24(23)37-16(2)3)25(32-19-9-7-18(8-10-19)26(29)30)27(35)33-31-15-17-5-11-20(34)12-6-17/h5-14,16,25,31-32,34H,4,15H2,1-3H3,(H3,29,30)(H,33,35)/p+1. The molecule has 0 radical (unpaired) electrons. The molecule has 0 spiro atoms. The molecule has 0 aliphatic carbocycles. The number of benzene rings is 3. The van der Waals surface area contributed by atoms with Crippen molar-refractivity contribution in [1.29, 1.82) is 5.41 Å². The number of hydrogen-bond acceptors (Lipinski definition) is 6. The van der Waals surface area contributed by atoms with E-state index in [4.69, 9.17) is 20.6 Å². The van der Waals surface area contributed by atoms with E-state index in [-0.39, 0.29) is 29.0 Å². The first-order chi connectivity index (χ1) is 17.7. The molecule has 37 heavy (non-hydrogen) atoms. The van der Waals surface area contributed by atoms with Gasteiger partial charge in [-0.3, -0.25) is 10.2 Å². The topological polar surface area (TPSA) is 146 Å². The van der Waals surface area contributed by atoms with E-state index in [0.29, 0.717) is 30.2 Å². The maximum absolute atomic E-state index is 15.4. The first-order valence-corrected chi connectivity index (χ1v) is 11.9. The van der Waals surface area contributed by atoms with Gasteiger partial charge in [0.15, 0.2) is 11.5 Å². The second-order valence-corrected chi connectivity index (χ2v) is 8.57. The van der Waals surface area contributed by atoms with Crippen molar-refractivity contribution in [3.8, 4) is 17.2 Å². The van der Waals surface area contributed by atoms with Crippen molar-refractivity contribution in [1.82, 2.24) is 5.43 Å². The van der Waals surface area contributed by atoms with Gasteiger partial charge in [-0.15, -0.1) is 0 Å². The average Bonchev–Trinajstić information content (AvgIpc) is 2.85. The predicted molar refractivity (Wildman–Crippen MR) is 139 cm³/mol. The molecule has 0 fully saturated rings. The Kier molecular flexibility index (Phi) is 9.28. The van der Waals surface area contributed by atoms with Crippen molar-refractivity contribution < 1.29 is 29.2 Å². The molecule has 3 rings (SSSR count). The van der Waals surface area contributed by atoms with Gasteiger partial charge in [-0.2, -0.15) is 0 Å². The van der Waals surface area contributed by atoms with Crippen molar-refractivity contribution in [3.63, 3.8) is 0 Å². The molecule has 1 amide bonds. The van der Waals surface area contributed by atoms with Crippen LogP contribution in [0.2, 0.25) is 0 Å². The lowest BCUT2D eigenvalue weighted by Crippen LogP contribution is -2.93. The Hall–Kier alpha value is -4.31. The Morgan fingerprint density at radius 1 is 1.11 bits per heavy atom. The van der Waals surface area contributed by atoms with Crippen molar-refractivity contribution in [3.05, 3.63) is 83.2 Å².